The van der Waals surface area contributed by atoms with Gasteiger partial charge in [-0.2, -0.15) is 0 Å². The number of hydrogen-bond acceptors (Lipinski definition) is 4. The molecule has 1 aromatic carbocycles. The summed E-state index contributed by atoms with van der Waals surface area (Å²) in [5, 5.41) is 17.0. The van der Waals surface area contributed by atoms with Gasteiger partial charge < -0.3 is 10.2 Å². The molecule has 1 aromatic rings. The van der Waals surface area contributed by atoms with Crippen LogP contribution in [0.1, 0.15) is 20.7 Å². The standard InChI is InChI=1S/C8H3F2IO6/c9-3-1-2(7(12)13)6(11(16)17)5(10)4(3)8(14)15/h1H,(H,12,13)(H,14,15). The molecule has 0 aliphatic heterocycles. The van der Waals surface area contributed by atoms with Crippen molar-refractivity contribution in [2.24, 2.45) is 0 Å². The second-order valence-electron chi connectivity index (χ2n) is 2.74. The lowest BCUT2D eigenvalue weighted by molar-refractivity contribution is 0.0670. The molecule has 17 heavy (non-hydrogen) atoms. The molecular weight excluding hydrogens is 357 g/mol. The minimum absolute atomic E-state index is 0.171. The Morgan fingerprint density at radius 2 is 1.65 bits per heavy atom. The van der Waals surface area contributed by atoms with E-state index >= 15 is 0 Å². The smallest absolute Gasteiger partial charge is 0.344 e. The van der Waals surface area contributed by atoms with Crippen molar-refractivity contribution in [3.63, 3.8) is 0 Å². The predicted octanol–water partition coefficient (Wildman–Crippen LogP) is 1.73. The fourth-order valence-electron chi connectivity index (χ4n) is 1.10. The Morgan fingerprint density at radius 1 is 1.12 bits per heavy atom. The number of carbonyl (C=O) groups is 2. The highest BCUT2D eigenvalue weighted by Gasteiger charge is 2.28. The van der Waals surface area contributed by atoms with Crippen LogP contribution in [0.15, 0.2) is 6.07 Å². The van der Waals surface area contributed by atoms with Gasteiger partial charge in [0.2, 0.25) is 0 Å². The maximum atomic E-state index is 13.4. The van der Waals surface area contributed by atoms with E-state index in [1.807, 2.05) is 0 Å². The number of hydrogen-bond donors (Lipinski definition) is 2. The molecule has 0 saturated heterocycles. The molecule has 9 heteroatoms. The highest BCUT2D eigenvalue weighted by atomic mass is 127. The van der Waals surface area contributed by atoms with Gasteiger partial charge in [0.25, 0.3) is 0 Å². The molecule has 0 spiro atoms. The molecular formula is C8H3F2IO6. The molecule has 6 nitrogen and oxygen atoms in total. The van der Waals surface area contributed by atoms with Gasteiger partial charge in [0, 0.05) is 0 Å². The van der Waals surface area contributed by atoms with E-state index in [0.717, 1.165) is 0 Å². The van der Waals surface area contributed by atoms with Gasteiger partial charge in [-0.15, -0.1) is 0 Å². The molecule has 0 fully saturated rings. The molecule has 0 bridgehead atoms. The molecule has 1 rings (SSSR count). The van der Waals surface area contributed by atoms with Crippen molar-refractivity contribution in [2.45, 2.75) is 0 Å². The molecule has 0 heterocycles. The van der Waals surface area contributed by atoms with Crippen molar-refractivity contribution in [1.82, 2.24) is 0 Å². The summed E-state index contributed by atoms with van der Waals surface area (Å²) in [5.74, 6) is -7.40. The summed E-state index contributed by atoms with van der Waals surface area (Å²) in [6, 6.07) is 0.171. The topological polar surface area (TPSA) is 109 Å². The van der Waals surface area contributed by atoms with E-state index in [1.165, 1.54) is 0 Å². The molecule has 0 aliphatic rings. The summed E-state index contributed by atoms with van der Waals surface area (Å²) in [7, 11) is 0. The number of aromatic carboxylic acids is 2. The second-order valence-corrected chi connectivity index (χ2v) is 5.06. The van der Waals surface area contributed by atoms with Gasteiger partial charge in [0.1, 0.15) is 15.0 Å². The Morgan fingerprint density at radius 3 is 2.00 bits per heavy atom. The summed E-state index contributed by atoms with van der Waals surface area (Å²) in [4.78, 5) is 21.1. The van der Waals surface area contributed by atoms with Crippen molar-refractivity contribution in [1.29, 1.82) is 0 Å². The molecule has 92 valence electrons. The maximum absolute atomic E-state index is 13.4. The number of benzene rings is 1. The summed E-state index contributed by atoms with van der Waals surface area (Å²) < 4.78 is 46.7. The fraction of sp³-hybridized carbons (Fsp3) is 0. The van der Waals surface area contributed by atoms with Crippen LogP contribution in [0.5, 0.6) is 0 Å². The van der Waals surface area contributed by atoms with E-state index < -0.39 is 58.1 Å². The third-order valence-electron chi connectivity index (χ3n) is 1.76. The lowest BCUT2D eigenvalue weighted by Gasteiger charge is -2.04. The molecule has 2 N–H and O–H groups in total. The van der Waals surface area contributed by atoms with Gasteiger partial charge in [0.05, 0.1) is 5.56 Å². The molecule has 0 saturated carbocycles. The lowest BCUT2D eigenvalue weighted by atomic mass is 10.1. The highest BCUT2D eigenvalue weighted by Crippen LogP contribution is 2.29. The zero-order chi connectivity index (χ0) is 13.3. The lowest BCUT2D eigenvalue weighted by Crippen LogP contribution is -2.12. The molecule has 0 unspecified atom stereocenters. The third-order valence-corrected chi connectivity index (χ3v) is 3.69. The average Bonchev–Trinajstić information content (AvgIpc) is 2.14. The summed E-state index contributed by atoms with van der Waals surface area (Å²) >= 11 is -4.61. The first-order chi connectivity index (χ1) is 7.77. The minimum atomic E-state index is -4.61. The third kappa shape index (κ3) is 2.38. The van der Waals surface area contributed by atoms with Crippen LogP contribution in [0.4, 0.5) is 8.78 Å². The van der Waals surface area contributed by atoms with Crippen LogP contribution in [0.3, 0.4) is 0 Å². The van der Waals surface area contributed by atoms with Crippen molar-refractivity contribution < 1.29 is 34.7 Å². The number of carboxylic acid groups (broad SMARTS) is 2. The summed E-state index contributed by atoms with van der Waals surface area (Å²) in [5.41, 5.74) is -2.60. The molecule has 0 aliphatic carbocycles. The van der Waals surface area contributed by atoms with Gasteiger partial charge in [-0.05, 0) is 6.07 Å². The Bertz CT molecular complexity index is 584. The predicted molar refractivity (Wildman–Crippen MR) is 54.4 cm³/mol. The highest BCUT2D eigenvalue weighted by molar-refractivity contribution is 14.2. The van der Waals surface area contributed by atoms with E-state index in [4.69, 9.17) is 10.2 Å². The molecule has 0 atom stereocenters. The molecule has 0 aromatic heterocycles. The number of rotatable bonds is 3. The van der Waals surface area contributed by atoms with Crippen LogP contribution in [0.25, 0.3) is 0 Å². The van der Waals surface area contributed by atoms with Crippen molar-refractivity contribution >= 4 is 31.7 Å². The van der Waals surface area contributed by atoms with Crippen LogP contribution in [0, 0.1) is 15.2 Å². The van der Waals surface area contributed by atoms with E-state index in [0.29, 0.717) is 0 Å². The molecule has 0 amide bonds. The van der Waals surface area contributed by atoms with Crippen molar-refractivity contribution in [3.8, 4) is 0 Å². The van der Waals surface area contributed by atoms with Crippen LogP contribution < -0.4 is 0 Å². The fourth-order valence-corrected chi connectivity index (χ4v) is 2.61. The van der Waals surface area contributed by atoms with Crippen molar-refractivity contribution in [2.75, 3.05) is 0 Å². The quantitative estimate of drug-likeness (QED) is 0.628. The Kier molecular flexibility index (Phi) is 3.70. The van der Waals surface area contributed by atoms with Gasteiger partial charge in [0.15, 0.2) is 5.82 Å². The molecule has 0 radical (unpaired) electrons. The van der Waals surface area contributed by atoms with E-state index in [2.05, 4.69) is 0 Å². The van der Waals surface area contributed by atoms with Crippen molar-refractivity contribution in [3.05, 3.63) is 32.4 Å². The largest absolute Gasteiger partial charge is 0.478 e. The van der Waals surface area contributed by atoms with Crippen LogP contribution in [-0.4, -0.2) is 22.2 Å². The number of carboxylic acids is 2. The normalized spacial score (nSPS) is 10.5. The van der Waals surface area contributed by atoms with Gasteiger partial charge >= 0.3 is 31.7 Å². The van der Waals surface area contributed by atoms with Gasteiger partial charge in [-0.25, -0.2) is 24.5 Å². The number of halogens is 3. The Labute approximate surface area is 99.0 Å². The summed E-state index contributed by atoms with van der Waals surface area (Å²) in [6.07, 6.45) is 0. The van der Waals surface area contributed by atoms with E-state index in [9.17, 15) is 24.5 Å². The minimum Gasteiger partial charge on any atom is -0.478 e. The van der Waals surface area contributed by atoms with E-state index in [-0.39, 0.29) is 6.07 Å². The first-order valence-corrected chi connectivity index (χ1v) is 6.65. The Balaban J connectivity index is 3.83. The van der Waals surface area contributed by atoms with Crippen LogP contribution in [-0.2, 0) is 6.14 Å². The Hall–Kier alpha value is -1.65. The van der Waals surface area contributed by atoms with Crippen LogP contribution >= 0.6 is 19.8 Å². The zero-order valence-corrected chi connectivity index (χ0v) is 9.90. The first-order valence-electron chi connectivity index (χ1n) is 3.81. The average molecular weight is 360 g/mol. The van der Waals surface area contributed by atoms with E-state index in [1.54, 1.807) is 0 Å². The second kappa shape index (κ2) is 4.69. The summed E-state index contributed by atoms with van der Waals surface area (Å²) in [6.45, 7) is 0. The zero-order valence-electron chi connectivity index (χ0n) is 7.74. The van der Waals surface area contributed by atoms with Crippen LogP contribution in [0.2, 0.25) is 0 Å². The SMILES string of the molecule is O=C(O)c1cc(F)c(C(=O)O)c(F)c1I(=O)=O. The maximum Gasteiger partial charge on any atom is 0.344 e. The van der Waals surface area contributed by atoms with Gasteiger partial charge in [-0.3, -0.25) is 0 Å². The van der Waals surface area contributed by atoms with Gasteiger partial charge in [-0.1, -0.05) is 0 Å². The first kappa shape index (κ1) is 13.4. The monoisotopic (exact) mass is 360 g/mol.